The van der Waals surface area contributed by atoms with Crippen molar-refractivity contribution in [2.75, 3.05) is 13.2 Å². The van der Waals surface area contributed by atoms with Gasteiger partial charge >= 0.3 is 5.97 Å². The number of benzene rings is 1. The van der Waals surface area contributed by atoms with E-state index in [0.29, 0.717) is 26.1 Å². The molecule has 0 radical (unpaired) electrons. The maximum atomic E-state index is 11.5. The van der Waals surface area contributed by atoms with Gasteiger partial charge in [0.15, 0.2) is 0 Å². The number of ether oxygens (including phenoxy) is 2. The maximum absolute atomic E-state index is 11.5. The second-order valence-electron chi connectivity index (χ2n) is 4.99. The van der Waals surface area contributed by atoms with Gasteiger partial charge in [-0.25, -0.2) is 0 Å². The molecule has 1 heterocycles. The van der Waals surface area contributed by atoms with E-state index in [2.05, 4.69) is 0 Å². The zero-order valence-corrected chi connectivity index (χ0v) is 11.2. The molecular weight excluding hydrogens is 244 g/mol. The van der Waals surface area contributed by atoms with Crippen LogP contribution in [0, 0.1) is 5.41 Å². The van der Waals surface area contributed by atoms with E-state index in [1.807, 2.05) is 37.3 Å². The summed E-state index contributed by atoms with van der Waals surface area (Å²) < 4.78 is 11.0. The summed E-state index contributed by atoms with van der Waals surface area (Å²) in [6.45, 7) is 2.91. The number of hydrogen-bond acceptors (Lipinski definition) is 3. The molecule has 1 aliphatic rings. The van der Waals surface area contributed by atoms with E-state index < -0.39 is 11.4 Å². The summed E-state index contributed by atoms with van der Waals surface area (Å²) in [4.78, 5) is 11.5. The van der Waals surface area contributed by atoms with Crippen LogP contribution in [0.5, 0.6) is 5.75 Å². The van der Waals surface area contributed by atoms with Gasteiger partial charge in [0.1, 0.15) is 5.75 Å². The van der Waals surface area contributed by atoms with Crippen molar-refractivity contribution in [3.8, 4) is 5.75 Å². The predicted molar refractivity (Wildman–Crippen MR) is 71.3 cm³/mol. The van der Waals surface area contributed by atoms with Crippen LogP contribution in [0.4, 0.5) is 0 Å². The van der Waals surface area contributed by atoms with Crippen molar-refractivity contribution < 1.29 is 19.4 Å². The van der Waals surface area contributed by atoms with Crippen LogP contribution in [0.2, 0.25) is 0 Å². The molecule has 0 spiro atoms. The largest absolute Gasteiger partial charge is 0.494 e. The molecule has 104 valence electrons. The molecule has 2 unspecified atom stereocenters. The highest BCUT2D eigenvalue weighted by Gasteiger charge is 2.47. The molecule has 0 aliphatic carbocycles. The SMILES string of the molecule is CC1OCCC1(CCCOc1ccccc1)C(=O)O. The minimum atomic E-state index is -0.753. The van der Waals surface area contributed by atoms with Gasteiger partial charge in [0.05, 0.1) is 18.1 Å². The molecule has 1 aromatic carbocycles. The van der Waals surface area contributed by atoms with Crippen LogP contribution < -0.4 is 4.74 Å². The molecule has 1 saturated heterocycles. The van der Waals surface area contributed by atoms with Gasteiger partial charge in [0, 0.05) is 6.61 Å². The first-order valence-corrected chi connectivity index (χ1v) is 6.68. The van der Waals surface area contributed by atoms with Gasteiger partial charge in [-0.1, -0.05) is 18.2 Å². The Balaban J connectivity index is 1.82. The highest BCUT2D eigenvalue weighted by Crippen LogP contribution is 2.39. The maximum Gasteiger partial charge on any atom is 0.312 e. The Morgan fingerprint density at radius 2 is 2.21 bits per heavy atom. The van der Waals surface area contributed by atoms with Crippen LogP contribution in [-0.4, -0.2) is 30.4 Å². The zero-order chi connectivity index (χ0) is 13.7. The molecule has 1 aliphatic heterocycles. The van der Waals surface area contributed by atoms with Crippen LogP contribution in [-0.2, 0) is 9.53 Å². The van der Waals surface area contributed by atoms with E-state index in [0.717, 1.165) is 12.2 Å². The van der Waals surface area contributed by atoms with E-state index >= 15 is 0 Å². The lowest BCUT2D eigenvalue weighted by atomic mass is 9.78. The minimum absolute atomic E-state index is 0.221. The van der Waals surface area contributed by atoms with Gasteiger partial charge in [-0.15, -0.1) is 0 Å². The lowest BCUT2D eigenvalue weighted by Crippen LogP contribution is -2.37. The molecule has 4 heteroatoms. The fourth-order valence-corrected chi connectivity index (χ4v) is 2.59. The highest BCUT2D eigenvalue weighted by atomic mass is 16.5. The normalized spacial score (nSPS) is 26.3. The fourth-order valence-electron chi connectivity index (χ4n) is 2.59. The molecule has 1 fully saturated rings. The van der Waals surface area contributed by atoms with Gasteiger partial charge < -0.3 is 14.6 Å². The van der Waals surface area contributed by atoms with Crippen molar-refractivity contribution >= 4 is 5.97 Å². The number of aliphatic carboxylic acids is 1. The number of carboxylic acid groups (broad SMARTS) is 1. The zero-order valence-electron chi connectivity index (χ0n) is 11.2. The second kappa shape index (κ2) is 6.06. The van der Waals surface area contributed by atoms with Gasteiger partial charge in [-0.2, -0.15) is 0 Å². The number of carboxylic acids is 1. The number of hydrogen-bond donors (Lipinski definition) is 1. The third-order valence-corrected chi connectivity index (χ3v) is 3.90. The Hall–Kier alpha value is -1.55. The Morgan fingerprint density at radius 3 is 2.79 bits per heavy atom. The first kappa shape index (κ1) is 13.9. The summed E-state index contributed by atoms with van der Waals surface area (Å²) in [7, 11) is 0. The monoisotopic (exact) mass is 264 g/mol. The Morgan fingerprint density at radius 1 is 1.47 bits per heavy atom. The standard InChI is InChI=1S/C15H20O4/c1-12-15(14(16)17,9-11-18-12)8-5-10-19-13-6-3-2-4-7-13/h2-4,6-7,12H,5,8-11H2,1H3,(H,16,17). The van der Waals surface area contributed by atoms with Crippen molar-refractivity contribution in [3.63, 3.8) is 0 Å². The topological polar surface area (TPSA) is 55.8 Å². The third kappa shape index (κ3) is 3.07. The van der Waals surface area contributed by atoms with E-state index in [1.54, 1.807) is 0 Å². The molecule has 0 saturated carbocycles. The van der Waals surface area contributed by atoms with Crippen molar-refractivity contribution in [2.45, 2.75) is 32.3 Å². The van der Waals surface area contributed by atoms with Crippen molar-refractivity contribution in [2.24, 2.45) is 5.41 Å². The molecule has 19 heavy (non-hydrogen) atoms. The number of carbonyl (C=O) groups is 1. The number of rotatable bonds is 6. The first-order chi connectivity index (χ1) is 9.15. The lowest BCUT2D eigenvalue weighted by molar-refractivity contribution is -0.152. The molecule has 0 amide bonds. The third-order valence-electron chi connectivity index (χ3n) is 3.90. The molecule has 4 nitrogen and oxygen atoms in total. The molecule has 0 bridgehead atoms. The Labute approximate surface area is 113 Å². The average molecular weight is 264 g/mol. The average Bonchev–Trinajstić information content (AvgIpc) is 2.78. The van der Waals surface area contributed by atoms with E-state index in [4.69, 9.17) is 9.47 Å². The summed E-state index contributed by atoms with van der Waals surface area (Å²) >= 11 is 0. The van der Waals surface area contributed by atoms with Crippen LogP contribution in [0.1, 0.15) is 26.2 Å². The van der Waals surface area contributed by atoms with Crippen LogP contribution in [0.15, 0.2) is 30.3 Å². The first-order valence-electron chi connectivity index (χ1n) is 6.68. The van der Waals surface area contributed by atoms with Gasteiger partial charge in [-0.3, -0.25) is 4.79 Å². The summed E-state index contributed by atoms with van der Waals surface area (Å²) in [6.07, 6.45) is 1.68. The fraction of sp³-hybridized carbons (Fsp3) is 0.533. The van der Waals surface area contributed by atoms with Crippen LogP contribution in [0.3, 0.4) is 0 Å². The van der Waals surface area contributed by atoms with E-state index in [-0.39, 0.29) is 6.10 Å². The summed E-state index contributed by atoms with van der Waals surface area (Å²) in [5.74, 6) is 0.0693. The second-order valence-corrected chi connectivity index (χ2v) is 4.99. The van der Waals surface area contributed by atoms with Gasteiger partial charge in [0.2, 0.25) is 0 Å². The van der Waals surface area contributed by atoms with Crippen LogP contribution >= 0.6 is 0 Å². The summed E-state index contributed by atoms with van der Waals surface area (Å²) in [5, 5.41) is 9.43. The minimum Gasteiger partial charge on any atom is -0.494 e. The van der Waals surface area contributed by atoms with E-state index in [1.165, 1.54) is 0 Å². The van der Waals surface area contributed by atoms with Gasteiger partial charge in [0.25, 0.3) is 0 Å². The van der Waals surface area contributed by atoms with Crippen molar-refractivity contribution in [1.29, 1.82) is 0 Å². The summed E-state index contributed by atoms with van der Waals surface area (Å²) in [5.41, 5.74) is -0.736. The van der Waals surface area contributed by atoms with Crippen LogP contribution in [0.25, 0.3) is 0 Å². The summed E-state index contributed by atoms with van der Waals surface area (Å²) in [6, 6.07) is 9.56. The Kier molecular flexibility index (Phi) is 4.43. The van der Waals surface area contributed by atoms with Crippen molar-refractivity contribution in [1.82, 2.24) is 0 Å². The molecule has 1 N–H and O–H groups in total. The lowest BCUT2D eigenvalue weighted by Gasteiger charge is -2.27. The number of para-hydroxylation sites is 1. The van der Waals surface area contributed by atoms with Gasteiger partial charge in [-0.05, 0) is 38.3 Å². The highest BCUT2D eigenvalue weighted by molar-refractivity contribution is 5.75. The Bertz CT molecular complexity index is 417. The molecule has 0 aromatic heterocycles. The quantitative estimate of drug-likeness (QED) is 0.803. The van der Waals surface area contributed by atoms with E-state index in [9.17, 15) is 9.90 Å². The smallest absolute Gasteiger partial charge is 0.312 e. The molecule has 2 atom stereocenters. The molecular formula is C15H20O4. The molecule has 2 rings (SSSR count). The molecule has 1 aromatic rings. The predicted octanol–water partition coefficient (Wildman–Crippen LogP) is 2.73. The van der Waals surface area contributed by atoms with Crippen molar-refractivity contribution in [3.05, 3.63) is 30.3 Å².